The quantitative estimate of drug-likeness (QED) is 0.489. The number of rotatable bonds is 4. The third-order valence-electron chi connectivity index (χ3n) is 4.05. The second-order valence-corrected chi connectivity index (χ2v) is 6.63. The summed E-state index contributed by atoms with van der Waals surface area (Å²) in [5.41, 5.74) is 3.92. The molecule has 6 heteroatoms. The molecule has 1 fully saturated rings. The molecule has 1 aliphatic rings. The van der Waals surface area contributed by atoms with Crippen LogP contribution in [-0.2, 0) is 6.54 Å². The summed E-state index contributed by atoms with van der Waals surface area (Å²) in [6.45, 7) is 3.11. The lowest BCUT2D eigenvalue weighted by atomic mass is 10.0. The number of likely N-dealkylation sites (tertiary alicyclic amines) is 1. The number of hydrogen-bond acceptors (Lipinski definition) is 4. The molecule has 5 nitrogen and oxygen atoms in total. The van der Waals surface area contributed by atoms with Crippen LogP contribution in [0.2, 0.25) is 0 Å². The van der Waals surface area contributed by atoms with Crippen molar-refractivity contribution in [3.8, 4) is 0 Å². The van der Waals surface area contributed by atoms with E-state index in [1.807, 2.05) is 18.2 Å². The van der Waals surface area contributed by atoms with E-state index in [4.69, 9.17) is 5.84 Å². The van der Waals surface area contributed by atoms with Gasteiger partial charge in [0.1, 0.15) is 0 Å². The number of hydrogen-bond donors (Lipinski definition) is 2. The van der Waals surface area contributed by atoms with Crippen molar-refractivity contribution in [2.75, 3.05) is 27.2 Å². The highest BCUT2D eigenvalue weighted by Gasteiger charge is 2.21. The second-order valence-electron chi connectivity index (χ2n) is 5.77. The van der Waals surface area contributed by atoms with E-state index in [1.54, 1.807) is 0 Å². The number of benzene rings is 1. The maximum absolute atomic E-state index is 11.5. The van der Waals surface area contributed by atoms with Crippen LogP contribution in [0.4, 0.5) is 0 Å². The van der Waals surface area contributed by atoms with Crippen molar-refractivity contribution < 1.29 is 4.79 Å². The van der Waals surface area contributed by atoms with Gasteiger partial charge in [0.25, 0.3) is 5.91 Å². The number of carbonyl (C=O) groups excluding carboxylic acids is 1. The molecule has 116 valence electrons. The number of amides is 1. The van der Waals surface area contributed by atoms with E-state index in [1.165, 1.54) is 18.4 Å². The van der Waals surface area contributed by atoms with Crippen molar-refractivity contribution in [2.45, 2.75) is 25.4 Å². The summed E-state index contributed by atoms with van der Waals surface area (Å²) in [7, 11) is 4.29. The average molecular weight is 355 g/mol. The van der Waals surface area contributed by atoms with Crippen LogP contribution < -0.4 is 11.3 Å². The first-order valence-electron chi connectivity index (χ1n) is 7.19. The molecule has 3 N–H and O–H groups in total. The molecule has 0 spiro atoms. The summed E-state index contributed by atoms with van der Waals surface area (Å²) in [6.07, 6.45) is 2.49. The molecule has 1 amide bonds. The molecule has 1 atom stereocenters. The van der Waals surface area contributed by atoms with Gasteiger partial charge in [-0.25, -0.2) is 5.84 Å². The van der Waals surface area contributed by atoms with Gasteiger partial charge in [-0.1, -0.05) is 22.0 Å². The lowest BCUT2D eigenvalue weighted by Gasteiger charge is -2.36. The van der Waals surface area contributed by atoms with Gasteiger partial charge in [-0.15, -0.1) is 0 Å². The maximum atomic E-state index is 11.5. The second kappa shape index (κ2) is 7.35. The number of likely N-dealkylation sites (N-methyl/N-ethyl adjacent to an activating group) is 1. The molecule has 21 heavy (non-hydrogen) atoms. The standard InChI is InChI=1S/C15H23BrN4O/c1-19(2)13-4-3-7-20(10-13)9-12-6-5-11(8-14(12)16)15(21)18-17/h5-6,8,13H,3-4,7,9-10,17H2,1-2H3,(H,18,21). The van der Waals surface area contributed by atoms with Crippen LogP contribution in [-0.4, -0.2) is 48.9 Å². The highest BCUT2D eigenvalue weighted by Crippen LogP contribution is 2.23. The number of piperidine rings is 1. The minimum atomic E-state index is -0.270. The lowest BCUT2D eigenvalue weighted by molar-refractivity contribution is 0.0953. The lowest BCUT2D eigenvalue weighted by Crippen LogP contribution is -2.44. The Morgan fingerprint density at radius 1 is 1.52 bits per heavy atom. The van der Waals surface area contributed by atoms with Crippen LogP contribution >= 0.6 is 15.9 Å². The Morgan fingerprint density at radius 3 is 2.90 bits per heavy atom. The maximum Gasteiger partial charge on any atom is 0.265 e. The van der Waals surface area contributed by atoms with E-state index in [9.17, 15) is 4.79 Å². The molecule has 0 saturated carbocycles. The van der Waals surface area contributed by atoms with E-state index in [0.717, 1.165) is 24.1 Å². The van der Waals surface area contributed by atoms with Crippen molar-refractivity contribution in [3.63, 3.8) is 0 Å². The fourth-order valence-corrected chi connectivity index (χ4v) is 3.24. The first-order valence-corrected chi connectivity index (χ1v) is 7.98. The van der Waals surface area contributed by atoms with Crippen molar-refractivity contribution in [2.24, 2.45) is 5.84 Å². The molecule has 0 aromatic heterocycles. The molecule has 0 aliphatic carbocycles. The zero-order valence-electron chi connectivity index (χ0n) is 12.6. The summed E-state index contributed by atoms with van der Waals surface area (Å²) >= 11 is 3.56. The Morgan fingerprint density at radius 2 is 2.29 bits per heavy atom. The molecule has 1 heterocycles. The number of nitrogen functional groups attached to an aromatic ring is 1. The van der Waals surface area contributed by atoms with Gasteiger partial charge in [0.15, 0.2) is 0 Å². The molecule has 1 aliphatic heterocycles. The predicted octanol–water partition coefficient (Wildman–Crippen LogP) is 1.58. The van der Waals surface area contributed by atoms with Gasteiger partial charge in [-0.05, 0) is 51.2 Å². The molecular weight excluding hydrogens is 332 g/mol. The van der Waals surface area contributed by atoms with Crippen molar-refractivity contribution in [1.82, 2.24) is 15.2 Å². The Labute approximate surface area is 134 Å². The predicted molar refractivity (Wildman–Crippen MR) is 87.8 cm³/mol. The molecule has 1 aromatic carbocycles. The Kier molecular flexibility index (Phi) is 5.75. The Hall–Kier alpha value is -0.950. The first kappa shape index (κ1) is 16.4. The van der Waals surface area contributed by atoms with Crippen LogP contribution in [0, 0.1) is 0 Å². The molecule has 0 radical (unpaired) electrons. The SMILES string of the molecule is CN(C)C1CCCN(Cc2ccc(C(=O)NN)cc2Br)C1. The highest BCUT2D eigenvalue weighted by molar-refractivity contribution is 9.10. The van der Waals surface area contributed by atoms with Gasteiger partial charge in [-0.2, -0.15) is 0 Å². The van der Waals surface area contributed by atoms with Gasteiger partial charge in [-0.3, -0.25) is 15.1 Å². The van der Waals surface area contributed by atoms with E-state index in [-0.39, 0.29) is 5.91 Å². The molecule has 1 saturated heterocycles. The Balaban J connectivity index is 2.04. The van der Waals surface area contributed by atoms with E-state index in [2.05, 4.69) is 45.3 Å². The van der Waals surface area contributed by atoms with Gasteiger partial charge in [0.2, 0.25) is 0 Å². The molecular formula is C15H23BrN4O. The number of nitrogens with one attached hydrogen (secondary N) is 1. The summed E-state index contributed by atoms with van der Waals surface area (Å²) in [5.74, 6) is 4.89. The number of carbonyl (C=O) groups is 1. The van der Waals surface area contributed by atoms with Crippen LogP contribution in [0.15, 0.2) is 22.7 Å². The molecule has 0 bridgehead atoms. The largest absolute Gasteiger partial charge is 0.305 e. The van der Waals surface area contributed by atoms with E-state index >= 15 is 0 Å². The van der Waals surface area contributed by atoms with Crippen LogP contribution in [0.5, 0.6) is 0 Å². The van der Waals surface area contributed by atoms with Crippen LogP contribution in [0.25, 0.3) is 0 Å². The zero-order chi connectivity index (χ0) is 15.4. The van der Waals surface area contributed by atoms with Gasteiger partial charge < -0.3 is 4.90 Å². The van der Waals surface area contributed by atoms with Crippen LogP contribution in [0.3, 0.4) is 0 Å². The summed E-state index contributed by atoms with van der Waals surface area (Å²) in [5, 5.41) is 0. The van der Waals surface area contributed by atoms with Crippen molar-refractivity contribution in [3.05, 3.63) is 33.8 Å². The smallest absolute Gasteiger partial charge is 0.265 e. The minimum Gasteiger partial charge on any atom is -0.305 e. The number of nitrogens with zero attached hydrogens (tertiary/aromatic N) is 2. The van der Waals surface area contributed by atoms with E-state index < -0.39 is 0 Å². The van der Waals surface area contributed by atoms with Gasteiger partial charge >= 0.3 is 0 Å². The van der Waals surface area contributed by atoms with Crippen LogP contribution in [0.1, 0.15) is 28.8 Å². The van der Waals surface area contributed by atoms with Gasteiger partial charge in [0, 0.05) is 29.2 Å². The normalized spacial score (nSPS) is 19.8. The van der Waals surface area contributed by atoms with Crippen molar-refractivity contribution >= 4 is 21.8 Å². The number of nitrogens with two attached hydrogens (primary N) is 1. The summed E-state index contributed by atoms with van der Waals surface area (Å²) in [6, 6.07) is 6.26. The summed E-state index contributed by atoms with van der Waals surface area (Å²) < 4.78 is 0.954. The first-order chi connectivity index (χ1) is 10.0. The van der Waals surface area contributed by atoms with Gasteiger partial charge in [0.05, 0.1) is 0 Å². The highest BCUT2D eigenvalue weighted by atomic mass is 79.9. The van der Waals surface area contributed by atoms with E-state index in [0.29, 0.717) is 11.6 Å². The topological polar surface area (TPSA) is 61.6 Å². The fourth-order valence-electron chi connectivity index (χ4n) is 2.74. The molecule has 1 unspecified atom stereocenters. The third-order valence-corrected chi connectivity index (χ3v) is 4.79. The number of halogens is 1. The monoisotopic (exact) mass is 354 g/mol. The minimum absolute atomic E-state index is 0.270. The average Bonchev–Trinajstić information content (AvgIpc) is 2.48. The Bertz CT molecular complexity index is 506. The summed E-state index contributed by atoms with van der Waals surface area (Å²) in [4.78, 5) is 16.3. The van der Waals surface area contributed by atoms with Crippen molar-refractivity contribution in [1.29, 1.82) is 0 Å². The zero-order valence-corrected chi connectivity index (χ0v) is 14.2. The third kappa shape index (κ3) is 4.26. The number of hydrazine groups is 1. The fraction of sp³-hybridized carbons (Fsp3) is 0.533. The molecule has 1 aromatic rings. The molecule has 2 rings (SSSR count).